The summed E-state index contributed by atoms with van der Waals surface area (Å²) in [7, 11) is 1.46. The first-order chi connectivity index (χ1) is 10.8. The number of carboxylic acids is 1. The molecule has 1 amide bonds. The standard InChI is InChI=1S/C16H17NO5S/c1-16(21,15(19)20)9-17-14(18)13-11(22-2)8-12(23-13)10-6-4-3-5-7-10/h3-8,21H,9H2,1-2H3,(H,17,18)(H,19,20). The van der Waals surface area contributed by atoms with E-state index in [1.54, 1.807) is 6.07 Å². The van der Waals surface area contributed by atoms with E-state index in [1.165, 1.54) is 18.4 Å². The Labute approximate surface area is 137 Å². The van der Waals surface area contributed by atoms with Crippen LogP contribution < -0.4 is 10.1 Å². The molecule has 0 aliphatic rings. The number of nitrogens with one attached hydrogen (secondary N) is 1. The van der Waals surface area contributed by atoms with E-state index in [1.807, 2.05) is 30.3 Å². The van der Waals surface area contributed by atoms with Crippen LogP contribution in [0.15, 0.2) is 36.4 Å². The Bertz CT molecular complexity index is 709. The number of methoxy groups -OCH3 is 1. The first kappa shape index (κ1) is 17.0. The molecule has 2 rings (SSSR count). The summed E-state index contributed by atoms with van der Waals surface area (Å²) in [6.07, 6.45) is 0. The van der Waals surface area contributed by atoms with Gasteiger partial charge in [0.25, 0.3) is 5.91 Å². The summed E-state index contributed by atoms with van der Waals surface area (Å²) in [5, 5.41) is 20.9. The minimum Gasteiger partial charge on any atom is -0.495 e. The molecule has 0 fully saturated rings. The minimum atomic E-state index is -2.03. The number of hydrogen-bond acceptors (Lipinski definition) is 5. The number of carboxylic acid groups (broad SMARTS) is 1. The second-order valence-corrected chi connectivity index (χ2v) is 6.19. The Morgan fingerprint density at radius 1 is 1.30 bits per heavy atom. The molecule has 0 aliphatic carbocycles. The first-order valence-corrected chi connectivity index (χ1v) is 7.64. The van der Waals surface area contributed by atoms with Crippen LogP contribution in [0, 0.1) is 0 Å². The number of ether oxygens (including phenoxy) is 1. The summed E-state index contributed by atoms with van der Waals surface area (Å²) in [4.78, 5) is 24.3. The highest BCUT2D eigenvalue weighted by atomic mass is 32.1. The van der Waals surface area contributed by atoms with Crippen molar-refractivity contribution in [1.82, 2.24) is 5.32 Å². The quantitative estimate of drug-likeness (QED) is 0.750. The van der Waals surface area contributed by atoms with Crippen LogP contribution >= 0.6 is 11.3 Å². The molecular formula is C16H17NO5S. The number of aliphatic hydroxyl groups is 1. The summed E-state index contributed by atoms with van der Waals surface area (Å²) >= 11 is 1.24. The average Bonchev–Trinajstić information content (AvgIpc) is 2.98. The van der Waals surface area contributed by atoms with Crippen molar-refractivity contribution in [3.63, 3.8) is 0 Å². The van der Waals surface area contributed by atoms with Crippen molar-refractivity contribution in [2.75, 3.05) is 13.7 Å². The maximum absolute atomic E-state index is 12.3. The van der Waals surface area contributed by atoms with E-state index in [-0.39, 0.29) is 0 Å². The summed E-state index contributed by atoms with van der Waals surface area (Å²) in [5.41, 5.74) is -1.07. The van der Waals surface area contributed by atoms with Gasteiger partial charge in [-0.25, -0.2) is 4.79 Å². The average molecular weight is 335 g/mol. The number of benzene rings is 1. The predicted octanol–water partition coefficient (Wildman–Crippen LogP) is 1.99. The molecule has 1 heterocycles. The lowest BCUT2D eigenvalue weighted by Crippen LogP contribution is -2.46. The summed E-state index contributed by atoms with van der Waals surface area (Å²) in [6.45, 7) is 0.722. The molecule has 1 atom stereocenters. The summed E-state index contributed by atoms with van der Waals surface area (Å²) in [6, 6.07) is 11.3. The highest BCUT2D eigenvalue weighted by Crippen LogP contribution is 2.36. The van der Waals surface area contributed by atoms with Gasteiger partial charge < -0.3 is 20.3 Å². The molecule has 0 radical (unpaired) electrons. The van der Waals surface area contributed by atoms with Crippen LogP contribution in [0.4, 0.5) is 0 Å². The molecule has 0 aliphatic heterocycles. The van der Waals surface area contributed by atoms with Gasteiger partial charge in [0.15, 0.2) is 5.60 Å². The van der Waals surface area contributed by atoms with Crippen molar-refractivity contribution < 1.29 is 24.5 Å². The van der Waals surface area contributed by atoms with Crippen molar-refractivity contribution in [1.29, 1.82) is 0 Å². The van der Waals surface area contributed by atoms with Crippen LogP contribution in [0.2, 0.25) is 0 Å². The Hall–Kier alpha value is -2.38. The van der Waals surface area contributed by atoms with Gasteiger partial charge in [-0.05, 0) is 18.6 Å². The molecule has 3 N–H and O–H groups in total. The van der Waals surface area contributed by atoms with Crippen molar-refractivity contribution in [3.8, 4) is 16.2 Å². The van der Waals surface area contributed by atoms with Crippen LogP contribution in [0.5, 0.6) is 5.75 Å². The van der Waals surface area contributed by atoms with Crippen molar-refractivity contribution in [2.24, 2.45) is 0 Å². The van der Waals surface area contributed by atoms with Crippen molar-refractivity contribution in [2.45, 2.75) is 12.5 Å². The van der Waals surface area contributed by atoms with E-state index < -0.39 is 24.0 Å². The van der Waals surface area contributed by atoms with Crippen molar-refractivity contribution in [3.05, 3.63) is 41.3 Å². The van der Waals surface area contributed by atoms with Crippen LogP contribution in [-0.4, -0.2) is 41.3 Å². The van der Waals surface area contributed by atoms with Gasteiger partial charge in [0.1, 0.15) is 10.6 Å². The molecule has 1 unspecified atom stereocenters. The topological polar surface area (TPSA) is 95.9 Å². The summed E-state index contributed by atoms with van der Waals surface area (Å²) in [5.74, 6) is -1.49. The molecular weight excluding hydrogens is 318 g/mol. The van der Waals surface area contributed by atoms with Gasteiger partial charge in [0, 0.05) is 4.88 Å². The fourth-order valence-corrected chi connectivity index (χ4v) is 2.88. The summed E-state index contributed by atoms with van der Waals surface area (Å²) < 4.78 is 5.22. The molecule has 0 bridgehead atoms. The highest BCUT2D eigenvalue weighted by molar-refractivity contribution is 7.17. The predicted molar refractivity (Wildman–Crippen MR) is 86.9 cm³/mol. The van der Waals surface area contributed by atoms with Gasteiger partial charge in [-0.15, -0.1) is 11.3 Å². The van der Waals surface area contributed by atoms with E-state index in [9.17, 15) is 14.7 Å². The Morgan fingerprint density at radius 3 is 2.52 bits per heavy atom. The third-order valence-corrected chi connectivity index (χ3v) is 4.40. The normalized spacial score (nSPS) is 13.2. The van der Waals surface area contributed by atoms with Gasteiger partial charge in [0.05, 0.1) is 13.7 Å². The van der Waals surface area contributed by atoms with E-state index in [0.29, 0.717) is 10.6 Å². The number of carbonyl (C=O) groups excluding carboxylic acids is 1. The molecule has 7 heteroatoms. The van der Waals surface area contributed by atoms with Gasteiger partial charge in [-0.2, -0.15) is 0 Å². The van der Waals surface area contributed by atoms with Crippen LogP contribution in [0.25, 0.3) is 10.4 Å². The van der Waals surface area contributed by atoms with E-state index >= 15 is 0 Å². The van der Waals surface area contributed by atoms with Gasteiger partial charge in [-0.3, -0.25) is 4.79 Å². The largest absolute Gasteiger partial charge is 0.495 e. The SMILES string of the molecule is COc1cc(-c2ccccc2)sc1C(=O)NCC(C)(O)C(=O)O. The third kappa shape index (κ3) is 3.88. The highest BCUT2D eigenvalue weighted by Gasteiger charge is 2.31. The number of aliphatic carboxylic acids is 1. The lowest BCUT2D eigenvalue weighted by Gasteiger charge is -2.18. The number of thiophene rings is 1. The Kier molecular flexibility index (Phi) is 5.02. The number of hydrogen-bond donors (Lipinski definition) is 3. The molecule has 23 heavy (non-hydrogen) atoms. The number of amides is 1. The van der Waals surface area contributed by atoms with Crippen LogP contribution in [0.1, 0.15) is 16.6 Å². The first-order valence-electron chi connectivity index (χ1n) is 6.82. The fraction of sp³-hybridized carbons (Fsp3) is 0.250. The molecule has 0 saturated heterocycles. The molecule has 1 aromatic heterocycles. The molecule has 122 valence electrons. The second kappa shape index (κ2) is 6.80. The molecule has 6 nitrogen and oxygen atoms in total. The smallest absolute Gasteiger partial charge is 0.337 e. The van der Waals surface area contributed by atoms with Gasteiger partial charge in [0.2, 0.25) is 0 Å². The maximum Gasteiger partial charge on any atom is 0.337 e. The Balaban J connectivity index is 2.20. The van der Waals surface area contributed by atoms with E-state index in [4.69, 9.17) is 9.84 Å². The van der Waals surface area contributed by atoms with Crippen LogP contribution in [-0.2, 0) is 4.79 Å². The lowest BCUT2D eigenvalue weighted by molar-refractivity contribution is -0.155. The monoisotopic (exact) mass is 335 g/mol. The molecule has 1 aromatic carbocycles. The zero-order chi connectivity index (χ0) is 17.0. The van der Waals surface area contributed by atoms with Gasteiger partial charge >= 0.3 is 5.97 Å². The molecule has 0 spiro atoms. The number of rotatable bonds is 6. The molecule has 0 saturated carbocycles. The zero-order valence-electron chi connectivity index (χ0n) is 12.7. The molecule has 2 aromatic rings. The second-order valence-electron chi connectivity index (χ2n) is 5.14. The third-order valence-electron chi connectivity index (χ3n) is 3.24. The lowest BCUT2D eigenvalue weighted by atomic mass is 10.1. The fourth-order valence-electron chi connectivity index (χ4n) is 1.84. The zero-order valence-corrected chi connectivity index (χ0v) is 13.5. The van der Waals surface area contributed by atoms with E-state index in [2.05, 4.69) is 5.32 Å². The maximum atomic E-state index is 12.3. The van der Waals surface area contributed by atoms with Gasteiger partial charge in [-0.1, -0.05) is 30.3 Å². The Morgan fingerprint density at radius 2 is 1.96 bits per heavy atom. The van der Waals surface area contributed by atoms with Crippen molar-refractivity contribution >= 4 is 23.2 Å². The van der Waals surface area contributed by atoms with Crippen LogP contribution in [0.3, 0.4) is 0 Å². The van der Waals surface area contributed by atoms with E-state index in [0.717, 1.165) is 17.4 Å². The minimum absolute atomic E-state index is 0.326. The number of carbonyl (C=O) groups is 2.